The SMILES string of the molecule is N#Cc1ccc(NC(=O)N2CCN(c3nc(N)nc4scc(-c5ccc(F)cc5)c34)CC2)cc1. The molecule has 4 aromatic rings. The highest BCUT2D eigenvalue weighted by atomic mass is 32.1. The molecule has 1 saturated heterocycles. The topological polar surface area (TPSA) is 111 Å². The minimum absolute atomic E-state index is 0.191. The monoisotopic (exact) mass is 473 g/mol. The number of rotatable bonds is 3. The lowest BCUT2D eigenvalue weighted by atomic mass is 10.1. The quantitative estimate of drug-likeness (QED) is 0.459. The molecule has 2 amide bonds. The Morgan fingerprint density at radius 2 is 1.76 bits per heavy atom. The Bertz CT molecular complexity index is 1390. The third-order valence-electron chi connectivity index (χ3n) is 5.72. The lowest BCUT2D eigenvalue weighted by Crippen LogP contribution is -2.50. The van der Waals surface area contributed by atoms with Crippen LogP contribution in [0.3, 0.4) is 0 Å². The number of benzene rings is 2. The molecule has 2 aromatic heterocycles. The van der Waals surface area contributed by atoms with Crippen molar-refractivity contribution in [2.75, 3.05) is 42.1 Å². The second-order valence-electron chi connectivity index (χ2n) is 7.84. The number of nitrogens with two attached hydrogens (primary N) is 1. The molecule has 3 heterocycles. The molecular weight excluding hydrogens is 453 g/mol. The zero-order valence-electron chi connectivity index (χ0n) is 18.0. The third kappa shape index (κ3) is 4.21. The first-order chi connectivity index (χ1) is 16.5. The molecule has 0 atom stereocenters. The molecule has 0 unspecified atom stereocenters. The van der Waals surface area contributed by atoms with E-state index in [2.05, 4.69) is 26.3 Å². The van der Waals surface area contributed by atoms with Crippen LogP contribution in [0.2, 0.25) is 0 Å². The number of nitrogens with zero attached hydrogens (tertiary/aromatic N) is 5. The number of carbonyl (C=O) groups is 1. The third-order valence-corrected chi connectivity index (χ3v) is 6.59. The molecule has 2 aromatic carbocycles. The van der Waals surface area contributed by atoms with Crippen molar-refractivity contribution in [1.29, 1.82) is 5.26 Å². The van der Waals surface area contributed by atoms with Crippen LogP contribution >= 0.6 is 11.3 Å². The number of halogens is 1. The molecule has 1 fully saturated rings. The lowest BCUT2D eigenvalue weighted by Gasteiger charge is -2.35. The average molecular weight is 474 g/mol. The second-order valence-corrected chi connectivity index (χ2v) is 8.69. The van der Waals surface area contributed by atoms with E-state index in [9.17, 15) is 9.18 Å². The number of carbonyl (C=O) groups excluding carboxylic acids is 1. The van der Waals surface area contributed by atoms with Gasteiger partial charge >= 0.3 is 6.03 Å². The maximum atomic E-state index is 13.4. The highest BCUT2D eigenvalue weighted by Crippen LogP contribution is 2.39. The maximum Gasteiger partial charge on any atom is 0.321 e. The molecule has 0 saturated carbocycles. The number of nitrogen functional groups attached to an aromatic ring is 1. The van der Waals surface area contributed by atoms with Crippen LogP contribution in [0.1, 0.15) is 5.56 Å². The Labute approximate surface area is 199 Å². The summed E-state index contributed by atoms with van der Waals surface area (Å²) in [5.74, 6) is 0.616. The van der Waals surface area contributed by atoms with Crippen molar-refractivity contribution < 1.29 is 9.18 Å². The number of fused-ring (bicyclic) bond motifs is 1. The summed E-state index contributed by atoms with van der Waals surface area (Å²) < 4.78 is 13.4. The smallest absolute Gasteiger partial charge is 0.321 e. The summed E-state index contributed by atoms with van der Waals surface area (Å²) in [6.45, 7) is 2.16. The van der Waals surface area contributed by atoms with Crippen molar-refractivity contribution in [3.8, 4) is 17.2 Å². The van der Waals surface area contributed by atoms with Crippen LogP contribution in [0.15, 0.2) is 53.9 Å². The van der Waals surface area contributed by atoms with Gasteiger partial charge in [-0.2, -0.15) is 10.2 Å². The molecule has 0 spiro atoms. The number of amides is 2. The van der Waals surface area contributed by atoms with Gasteiger partial charge in [0.1, 0.15) is 16.5 Å². The van der Waals surface area contributed by atoms with Crippen molar-refractivity contribution in [2.45, 2.75) is 0 Å². The fourth-order valence-corrected chi connectivity index (χ4v) is 4.91. The second kappa shape index (κ2) is 8.96. The normalized spacial score (nSPS) is 13.6. The van der Waals surface area contributed by atoms with Gasteiger partial charge in [-0.25, -0.2) is 14.2 Å². The summed E-state index contributed by atoms with van der Waals surface area (Å²) >= 11 is 1.47. The molecule has 1 aliphatic heterocycles. The zero-order chi connectivity index (χ0) is 23.7. The summed E-state index contributed by atoms with van der Waals surface area (Å²) in [5, 5.41) is 14.6. The number of thiophene rings is 1. The van der Waals surface area contributed by atoms with Crippen molar-refractivity contribution in [2.24, 2.45) is 0 Å². The molecule has 8 nitrogen and oxygen atoms in total. The number of anilines is 3. The Morgan fingerprint density at radius 1 is 1.06 bits per heavy atom. The predicted octanol–water partition coefficient (Wildman–Crippen LogP) is 4.31. The van der Waals surface area contributed by atoms with E-state index in [1.54, 1.807) is 41.3 Å². The van der Waals surface area contributed by atoms with E-state index in [0.29, 0.717) is 37.4 Å². The van der Waals surface area contributed by atoms with Gasteiger partial charge in [-0.1, -0.05) is 12.1 Å². The van der Waals surface area contributed by atoms with Gasteiger partial charge in [-0.3, -0.25) is 0 Å². The first-order valence-electron chi connectivity index (χ1n) is 10.6. The van der Waals surface area contributed by atoms with Crippen LogP contribution in [-0.4, -0.2) is 47.1 Å². The maximum absolute atomic E-state index is 13.4. The van der Waals surface area contributed by atoms with Gasteiger partial charge in [0.15, 0.2) is 0 Å². The van der Waals surface area contributed by atoms with Crippen molar-refractivity contribution in [1.82, 2.24) is 14.9 Å². The zero-order valence-corrected chi connectivity index (χ0v) is 18.8. The van der Waals surface area contributed by atoms with Crippen LogP contribution in [-0.2, 0) is 0 Å². The molecule has 0 radical (unpaired) electrons. The van der Waals surface area contributed by atoms with Gasteiger partial charge in [0, 0.05) is 42.8 Å². The summed E-state index contributed by atoms with van der Waals surface area (Å²) in [6.07, 6.45) is 0. The number of hydrogen-bond donors (Lipinski definition) is 2. The van der Waals surface area contributed by atoms with Crippen molar-refractivity contribution in [3.05, 3.63) is 65.3 Å². The summed E-state index contributed by atoms with van der Waals surface area (Å²) in [5.41, 5.74) is 8.97. The number of nitriles is 1. The summed E-state index contributed by atoms with van der Waals surface area (Å²) in [4.78, 5) is 26.2. The largest absolute Gasteiger partial charge is 0.368 e. The molecule has 10 heteroatoms. The summed E-state index contributed by atoms with van der Waals surface area (Å²) in [6, 6.07) is 15.0. The minimum atomic E-state index is -0.292. The molecule has 170 valence electrons. The van der Waals surface area contributed by atoms with Crippen LogP contribution in [0.4, 0.5) is 26.6 Å². The fourth-order valence-electron chi connectivity index (χ4n) is 3.96. The van der Waals surface area contributed by atoms with Crippen LogP contribution in [0.5, 0.6) is 0 Å². The van der Waals surface area contributed by atoms with Crippen molar-refractivity contribution >= 4 is 45.0 Å². The van der Waals surface area contributed by atoms with E-state index < -0.39 is 0 Å². The van der Waals surface area contributed by atoms with Gasteiger partial charge in [-0.05, 0) is 42.0 Å². The molecule has 0 bridgehead atoms. The number of nitrogens with one attached hydrogen (secondary N) is 1. The minimum Gasteiger partial charge on any atom is -0.368 e. The number of aromatic nitrogens is 2. The first kappa shape index (κ1) is 21.6. The Balaban J connectivity index is 1.35. The van der Waals surface area contributed by atoms with E-state index in [0.717, 1.165) is 27.2 Å². The molecule has 0 aliphatic carbocycles. The first-order valence-corrected chi connectivity index (χ1v) is 11.5. The van der Waals surface area contributed by atoms with Gasteiger partial charge in [0.2, 0.25) is 5.95 Å². The lowest BCUT2D eigenvalue weighted by molar-refractivity contribution is 0.208. The van der Waals surface area contributed by atoms with Crippen LogP contribution < -0.4 is 16.0 Å². The standard InChI is InChI=1S/C24H20FN7OS/c25-17-5-3-16(4-6-17)19-14-34-22-20(19)21(29-23(27)30-22)31-9-11-32(12-10-31)24(33)28-18-7-1-15(13-26)2-8-18/h1-8,14H,9-12H2,(H,28,33)(H2,27,29,30). The highest BCUT2D eigenvalue weighted by Gasteiger charge is 2.25. The average Bonchev–Trinajstić information content (AvgIpc) is 3.28. The summed E-state index contributed by atoms with van der Waals surface area (Å²) in [7, 11) is 0. The number of urea groups is 1. The van der Waals surface area contributed by atoms with Gasteiger partial charge in [0.05, 0.1) is 17.0 Å². The molecule has 34 heavy (non-hydrogen) atoms. The molecular formula is C24H20FN7OS. The Morgan fingerprint density at radius 3 is 2.44 bits per heavy atom. The van der Waals surface area contributed by atoms with Gasteiger partial charge < -0.3 is 20.9 Å². The van der Waals surface area contributed by atoms with Gasteiger partial charge in [0.25, 0.3) is 0 Å². The van der Waals surface area contributed by atoms with E-state index in [-0.39, 0.29) is 17.8 Å². The molecule has 3 N–H and O–H groups in total. The Hall–Kier alpha value is -4.23. The van der Waals surface area contributed by atoms with Crippen molar-refractivity contribution in [3.63, 3.8) is 0 Å². The predicted molar refractivity (Wildman–Crippen MR) is 131 cm³/mol. The van der Waals surface area contributed by atoms with Crippen LogP contribution in [0.25, 0.3) is 21.3 Å². The number of hydrogen-bond acceptors (Lipinski definition) is 7. The van der Waals surface area contributed by atoms with E-state index in [1.807, 2.05) is 5.38 Å². The van der Waals surface area contributed by atoms with Gasteiger partial charge in [-0.15, -0.1) is 11.3 Å². The molecule has 5 rings (SSSR count). The molecule has 1 aliphatic rings. The number of piperazine rings is 1. The van der Waals surface area contributed by atoms with E-state index in [1.165, 1.54) is 23.5 Å². The fraction of sp³-hybridized carbons (Fsp3) is 0.167. The van der Waals surface area contributed by atoms with E-state index >= 15 is 0 Å². The Kier molecular flexibility index (Phi) is 5.69. The van der Waals surface area contributed by atoms with E-state index in [4.69, 9.17) is 11.0 Å². The van der Waals surface area contributed by atoms with Crippen LogP contribution in [0, 0.1) is 17.1 Å². The highest BCUT2D eigenvalue weighted by molar-refractivity contribution is 7.17.